The molecule has 5 aromatic rings. The lowest BCUT2D eigenvalue weighted by Crippen LogP contribution is -2.08. The van der Waals surface area contributed by atoms with Crippen LogP contribution in [0, 0.1) is 0 Å². The maximum Gasteiger partial charge on any atom is 0.346 e. The van der Waals surface area contributed by atoms with Gasteiger partial charge in [0.25, 0.3) is 0 Å². The van der Waals surface area contributed by atoms with E-state index in [4.69, 9.17) is 9.15 Å². The molecule has 5 nitrogen and oxygen atoms in total. The third kappa shape index (κ3) is 4.12. The van der Waals surface area contributed by atoms with Crippen molar-refractivity contribution in [2.24, 2.45) is 0 Å². The third-order valence-electron chi connectivity index (χ3n) is 4.80. The second-order valence-electron chi connectivity index (χ2n) is 6.95. The SMILES string of the molecule is O=C(Oc1ccc2cc(-c3nc(-c4ccccc4)cs3)c(=O)oc2c1)c1ccc(Br)cc1. The normalized spacial score (nSPS) is 10.9. The van der Waals surface area contributed by atoms with Gasteiger partial charge in [-0.15, -0.1) is 11.3 Å². The van der Waals surface area contributed by atoms with Crippen LogP contribution in [0.5, 0.6) is 5.75 Å². The molecule has 7 heteroatoms. The van der Waals surface area contributed by atoms with Gasteiger partial charge in [-0.05, 0) is 42.5 Å². The number of ether oxygens (including phenoxy) is 1. The Morgan fingerprint density at radius 1 is 0.969 bits per heavy atom. The highest BCUT2D eigenvalue weighted by Crippen LogP contribution is 2.30. The molecule has 32 heavy (non-hydrogen) atoms. The first-order valence-corrected chi connectivity index (χ1v) is 11.3. The number of carbonyl (C=O) groups excluding carboxylic acids is 1. The van der Waals surface area contributed by atoms with Crippen LogP contribution in [0.3, 0.4) is 0 Å². The third-order valence-corrected chi connectivity index (χ3v) is 6.21. The van der Waals surface area contributed by atoms with Crippen LogP contribution in [0.1, 0.15) is 10.4 Å². The average molecular weight is 504 g/mol. The average Bonchev–Trinajstić information content (AvgIpc) is 3.29. The Kier molecular flexibility index (Phi) is 5.43. The molecule has 0 amide bonds. The lowest BCUT2D eigenvalue weighted by molar-refractivity contribution is 0.0735. The van der Waals surface area contributed by atoms with Crippen molar-refractivity contribution in [2.75, 3.05) is 0 Å². The van der Waals surface area contributed by atoms with Crippen molar-refractivity contribution in [1.29, 1.82) is 0 Å². The monoisotopic (exact) mass is 503 g/mol. The predicted octanol–water partition coefficient (Wildman–Crippen LogP) is 6.57. The van der Waals surface area contributed by atoms with Crippen LogP contribution >= 0.6 is 27.3 Å². The lowest BCUT2D eigenvalue weighted by Gasteiger charge is -2.06. The van der Waals surface area contributed by atoms with Gasteiger partial charge >= 0.3 is 11.6 Å². The number of hydrogen-bond acceptors (Lipinski definition) is 6. The maximum atomic E-state index is 12.7. The number of aromatic nitrogens is 1. The van der Waals surface area contributed by atoms with Gasteiger partial charge in [-0.25, -0.2) is 14.6 Å². The molecule has 0 saturated carbocycles. The topological polar surface area (TPSA) is 69.4 Å². The largest absolute Gasteiger partial charge is 0.423 e. The summed E-state index contributed by atoms with van der Waals surface area (Å²) in [6.45, 7) is 0. The number of carbonyl (C=O) groups is 1. The van der Waals surface area contributed by atoms with E-state index in [1.165, 1.54) is 17.4 Å². The smallest absolute Gasteiger partial charge is 0.346 e. The fourth-order valence-corrected chi connectivity index (χ4v) is 4.29. The number of nitrogens with zero attached hydrogens (tertiary/aromatic N) is 1. The zero-order valence-corrected chi connectivity index (χ0v) is 18.9. The minimum absolute atomic E-state index is 0.293. The molecule has 5 rings (SSSR count). The molecule has 0 aliphatic heterocycles. The molecule has 0 saturated heterocycles. The highest BCUT2D eigenvalue weighted by atomic mass is 79.9. The van der Waals surface area contributed by atoms with Crippen molar-refractivity contribution < 1.29 is 13.9 Å². The molecule has 0 N–H and O–H groups in total. The molecule has 156 valence electrons. The quantitative estimate of drug-likeness (QED) is 0.157. The molecule has 0 aliphatic carbocycles. The van der Waals surface area contributed by atoms with Crippen molar-refractivity contribution in [3.05, 3.63) is 105 Å². The molecule has 0 spiro atoms. The van der Waals surface area contributed by atoms with Gasteiger partial charge in [0.15, 0.2) is 0 Å². The Morgan fingerprint density at radius 3 is 2.53 bits per heavy atom. The van der Waals surface area contributed by atoms with Gasteiger partial charge in [-0.1, -0.05) is 46.3 Å². The van der Waals surface area contributed by atoms with Crippen LogP contribution in [-0.4, -0.2) is 11.0 Å². The second kappa shape index (κ2) is 8.53. The van der Waals surface area contributed by atoms with Crippen molar-refractivity contribution in [1.82, 2.24) is 4.98 Å². The van der Waals surface area contributed by atoms with Crippen LogP contribution in [0.25, 0.3) is 32.8 Å². The van der Waals surface area contributed by atoms with Crippen molar-refractivity contribution in [3.63, 3.8) is 0 Å². The maximum absolute atomic E-state index is 12.7. The summed E-state index contributed by atoms with van der Waals surface area (Å²) in [5.74, 6) is -0.200. The summed E-state index contributed by atoms with van der Waals surface area (Å²) >= 11 is 4.72. The van der Waals surface area contributed by atoms with Gasteiger partial charge in [0.2, 0.25) is 0 Å². The van der Waals surface area contributed by atoms with Gasteiger partial charge in [0.1, 0.15) is 16.3 Å². The molecule has 0 radical (unpaired) electrons. The minimum atomic E-state index is -0.497. The van der Waals surface area contributed by atoms with Gasteiger partial charge in [0.05, 0.1) is 16.8 Å². The first kappa shape index (κ1) is 20.4. The van der Waals surface area contributed by atoms with Crippen LogP contribution < -0.4 is 10.4 Å². The van der Waals surface area contributed by atoms with Crippen molar-refractivity contribution in [2.45, 2.75) is 0 Å². The zero-order valence-electron chi connectivity index (χ0n) is 16.4. The summed E-state index contributed by atoms with van der Waals surface area (Å²) in [5.41, 5.74) is 2.44. The predicted molar refractivity (Wildman–Crippen MR) is 128 cm³/mol. The van der Waals surface area contributed by atoms with E-state index in [1.807, 2.05) is 35.7 Å². The number of hydrogen-bond donors (Lipinski definition) is 0. The van der Waals surface area contributed by atoms with Crippen LogP contribution in [0.4, 0.5) is 0 Å². The molecule has 0 aliphatic rings. The number of rotatable bonds is 4. The zero-order chi connectivity index (χ0) is 22.1. The lowest BCUT2D eigenvalue weighted by atomic mass is 10.1. The molecule has 0 unspecified atom stereocenters. The van der Waals surface area contributed by atoms with Gasteiger partial charge < -0.3 is 9.15 Å². The van der Waals surface area contributed by atoms with Gasteiger partial charge in [-0.2, -0.15) is 0 Å². The highest BCUT2D eigenvalue weighted by Gasteiger charge is 2.14. The van der Waals surface area contributed by atoms with E-state index in [9.17, 15) is 9.59 Å². The fraction of sp³-hybridized carbons (Fsp3) is 0. The van der Waals surface area contributed by atoms with E-state index >= 15 is 0 Å². The minimum Gasteiger partial charge on any atom is -0.423 e. The Labute approximate surface area is 195 Å². The molecule has 3 aromatic carbocycles. The first-order chi connectivity index (χ1) is 15.6. The first-order valence-electron chi connectivity index (χ1n) is 9.64. The highest BCUT2D eigenvalue weighted by molar-refractivity contribution is 9.10. The van der Waals surface area contributed by atoms with Crippen LogP contribution in [-0.2, 0) is 0 Å². The number of fused-ring (bicyclic) bond motifs is 1. The Balaban J connectivity index is 1.44. The number of esters is 1. The summed E-state index contributed by atoms with van der Waals surface area (Å²) in [4.78, 5) is 29.6. The number of benzene rings is 3. The van der Waals surface area contributed by atoms with E-state index in [1.54, 1.807) is 42.5 Å². The van der Waals surface area contributed by atoms with Gasteiger partial charge in [0, 0.05) is 26.9 Å². The molecule has 2 heterocycles. The molecular weight excluding hydrogens is 490 g/mol. The molecule has 0 atom stereocenters. The number of halogens is 1. The summed E-state index contributed by atoms with van der Waals surface area (Å²) in [6.07, 6.45) is 0. The summed E-state index contributed by atoms with van der Waals surface area (Å²) in [5, 5.41) is 3.21. The summed E-state index contributed by atoms with van der Waals surface area (Å²) < 4.78 is 11.8. The Bertz CT molecular complexity index is 1490. The van der Waals surface area contributed by atoms with Crippen LogP contribution in [0.2, 0.25) is 0 Å². The summed E-state index contributed by atoms with van der Waals surface area (Å²) in [7, 11) is 0. The molecule has 0 fully saturated rings. The van der Waals surface area contributed by atoms with Crippen molar-refractivity contribution >= 4 is 44.2 Å². The van der Waals surface area contributed by atoms with E-state index in [0.717, 1.165) is 15.7 Å². The van der Waals surface area contributed by atoms with Crippen molar-refractivity contribution in [3.8, 4) is 27.6 Å². The van der Waals surface area contributed by atoms with Crippen LogP contribution in [0.15, 0.2) is 97.9 Å². The molecular formula is C25H14BrNO4S. The molecule has 0 bridgehead atoms. The fourth-order valence-electron chi connectivity index (χ4n) is 3.20. The van der Waals surface area contributed by atoms with E-state index in [-0.39, 0.29) is 0 Å². The van der Waals surface area contributed by atoms with E-state index in [2.05, 4.69) is 20.9 Å². The number of thiazole rings is 1. The second-order valence-corrected chi connectivity index (χ2v) is 8.72. The Hall–Kier alpha value is -3.55. The Morgan fingerprint density at radius 2 is 1.75 bits per heavy atom. The van der Waals surface area contributed by atoms with E-state index in [0.29, 0.717) is 32.9 Å². The molecule has 2 aromatic heterocycles. The standard InChI is InChI=1S/C25H14BrNO4S/c26-18-9-6-16(7-10-18)24(28)30-19-11-8-17-12-20(25(29)31-22(17)13-19)23-27-21(14-32-23)15-4-2-1-3-5-15/h1-14H. The summed E-state index contributed by atoms with van der Waals surface area (Å²) in [6, 6.07) is 23.3. The van der Waals surface area contributed by atoms with E-state index < -0.39 is 11.6 Å². The van der Waals surface area contributed by atoms with Gasteiger partial charge in [-0.3, -0.25) is 0 Å².